The van der Waals surface area contributed by atoms with Gasteiger partial charge >= 0.3 is 0 Å². The van der Waals surface area contributed by atoms with Crippen LogP contribution in [0.4, 0.5) is 0 Å². The number of methoxy groups -OCH3 is 1. The Bertz CT molecular complexity index is 1020. The molecule has 162 valence electrons. The van der Waals surface area contributed by atoms with Gasteiger partial charge < -0.3 is 14.6 Å². The summed E-state index contributed by atoms with van der Waals surface area (Å²) >= 11 is 0. The largest absolute Gasteiger partial charge is 0.496 e. The van der Waals surface area contributed by atoms with Gasteiger partial charge in [-0.2, -0.15) is 4.98 Å². The van der Waals surface area contributed by atoms with Crippen molar-refractivity contribution in [2.45, 2.75) is 32.9 Å². The van der Waals surface area contributed by atoms with Crippen LogP contribution in [0.2, 0.25) is 0 Å². The zero-order valence-electron chi connectivity index (χ0n) is 18.0. The molecule has 1 aliphatic heterocycles. The third-order valence-electron chi connectivity index (χ3n) is 5.66. The number of carbonyl (C=O) groups is 1. The predicted molar refractivity (Wildman–Crippen MR) is 117 cm³/mol. The van der Waals surface area contributed by atoms with Gasteiger partial charge in [0.25, 0.3) is 0 Å². The number of benzene rings is 2. The van der Waals surface area contributed by atoms with E-state index in [9.17, 15) is 4.79 Å². The standard InChI is InChI=1S/C24H28N4O3/c1-17-9-11-18(12-10-17)23-26-22(31-27-23)16-28-13-5-7-20(15-28)24(29)25-14-19-6-3-4-8-21(19)30-2/h3-4,6,8-12,20H,5,7,13-16H2,1-2H3,(H,25,29). The maximum absolute atomic E-state index is 12.8. The molecule has 0 saturated carbocycles. The molecule has 4 rings (SSSR count). The van der Waals surface area contributed by atoms with Gasteiger partial charge in [-0.25, -0.2) is 0 Å². The van der Waals surface area contributed by atoms with Crippen LogP contribution in [0, 0.1) is 12.8 Å². The minimum atomic E-state index is -0.0528. The van der Waals surface area contributed by atoms with Gasteiger partial charge in [0.2, 0.25) is 17.6 Å². The Morgan fingerprint density at radius 3 is 2.84 bits per heavy atom. The molecule has 1 amide bonds. The van der Waals surface area contributed by atoms with Gasteiger partial charge in [-0.15, -0.1) is 0 Å². The highest BCUT2D eigenvalue weighted by molar-refractivity contribution is 5.79. The highest BCUT2D eigenvalue weighted by atomic mass is 16.5. The molecule has 1 aliphatic rings. The van der Waals surface area contributed by atoms with E-state index in [1.807, 2.05) is 55.5 Å². The number of nitrogens with zero attached hydrogens (tertiary/aromatic N) is 3. The molecule has 1 fully saturated rings. The van der Waals surface area contributed by atoms with Crippen molar-refractivity contribution in [2.75, 3.05) is 20.2 Å². The number of nitrogens with one attached hydrogen (secondary N) is 1. The molecule has 0 aliphatic carbocycles. The lowest BCUT2D eigenvalue weighted by Crippen LogP contribution is -2.42. The van der Waals surface area contributed by atoms with Gasteiger partial charge in [-0.05, 0) is 32.4 Å². The zero-order chi connectivity index (χ0) is 21.6. The lowest BCUT2D eigenvalue weighted by atomic mass is 9.97. The van der Waals surface area contributed by atoms with Crippen LogP contribution in [-0.4, -0.2) is 41.1 Å². The summed E-state index contributed by atoms with van der Waals surface area (Å²) < 4.78 is 10.8. The summed E-state index contributed by atoms with van der Waals surface area (Å²) in [6.45, 7) is 4.65. The summed E-state index contributed by atoms with van der Waals surface area (Å²) in [5.74, 6) is 1.97. The first kappa shape index (κ1) is 21.1. The van der Waals surface area contributed by atoms with Crippen LogP contribution in [-0.2, 0) is 17.9 Å². The predicted octanol–water partition coefficient (Wildman–Crippen LogP) is 3.58. The Hall–Kier alpha value is -3.19. The molecule has 3 aromatic rings. The number of piperidine rings is 1. The topological polar surface area (TPSA) is 80.5 Å². The van der Waals surface area contributed by atoms with Crippen molar-refractivity contribution in [2.24, 2.45) is 5.92 Å². The number of likely N-dealkylation sites (tertiary alicyclic amines) is 1. The van der Waals surface area contributed by atoms with Gasteiger partial charge in [0.15, 0.2) is 0 Å². The molecule has 7 nitrogen and oxygen atoms in total. The van der Waals surface area contributed by atoms with E-state index < -0.39 is 0 Å². The third-order valence-corrected chi connectivity index (χ3v) is 5.66. The molecule has 2 aromatic carbocycles. The number of carbonyl (C=O) groups excluding carboxylic acids is 1. The van der Waals surface area contributed by atoms with Crippen molar-refractivity contribution >= 4 is 5.91 Å². The molecule has 0 spiro atoms. The number of aryl methyl sites for hydroxylation is 1. The van der Waals surface area contributed by atoms with Gasteiger partial charge in [0, 0.05) is 24.2 Å². The molecular weight excluding hydrogens is 392 g/mol. The van der Waals surface area contributed by atoms with E-state index in [-0.39, 0.29) is 11.8 Å². The Labute approximate surface area is 182 Å². The van der Waals surface area contributed by atoms with Crippen LogP contribution in [0.5, 0.6) is 5.75 Å². The number of hydrogen-bond donors (Lipinski definition) is 1. The summed E-state index contributed by atoms with van der Waals surface area (Å²) in [6.07, 6.45) is 1.85. The summed E-state index contributed by atoms with van der Waals surface area (Å²) in [5, 5.41) is 7.17. The fourth-order valence-electron chi connectivity index (χ4n) is 3.92. The zero-order valence-corrected chi connectivity index (χ0v) is 18.0. The number of hydrogen-bond acceptors (Lipinski definition) is 6. The van der Waals surface area contributed by atoms with Crippen LogP contribution in [0.3, 0.4) is 0 Å². The average Bonchev–Trinajstić information content (AvgIpc) is 3.26. The molecule has 0 bridgehead atoms. The van der Waals surface area contributed by atoms with E-state index in [1.165, 1.54) is 5.56 Å². The molecule has 0 radical (unpaired) electrons. The van der Waals surface area contributed by atoms with Crippen molar-refractivity contribution in [3.05, 3.63) is 65.5 Å². The molecular formula is C24H28N4O3. The van der Waals surface area contributed by atoms with Crippen LogP contribution >= 0.6 is 0 Å². The number of amides is 1. The van der Waals surface area contributed by atoms with Gasteiger partial charge in [-0.3, -0.25) is 9.69 Å². The Morgan fingerprint density at radius 2 is 2.03 bits per heavy atom. The number of aromatic nitrogens is 2. The maximum atomic E-state index is 12.8. The van der Waals surface area contributed by atoms with Crippen molar-refractivity contribution in [1.82, 2.24) is 20.4 Å². The van der Waals surface area contributed by atoms with Crippen LogP contribution in [0.25, 0.3) is 11.4 Å². The summed E-state index contributed by atoms with van der Waals surface area (Å²) in [4.78, 5) is 19.5. The third kappa shape index (κ3) is 5.30. The second-order valence-corrected chi connectivity index (χ2v) is 7.98. The minimum Gasteiger partial charge on any atom is -0.496 e. The summed E-state index contributed by atoms with van der Waals surface area (Å²) in [7, 11) is 1.64. The van der Waals surface area contributed by atoms with Crippen molar-refractivity contribution in [3.8, 4) is 17.1 Å². The first-order valence-corrected chi connectivity index (χ1v) is 10.6. The molecule has 7 heteroatoms. The average molecular weight is 421 g/mol. The molecule has 1 unspecified atom stereocenters. The summed E-state index contributed by atoms with van der Waals surface area (Å²) in [5.41, 5.74) is 3.10. The quantitative estimate of drug-likeness (QED) is 0.629. The van der Waals surface area contributed by atoms with Crippen LogP contribution in [0.1, 0.15) is 29.9 Å². The molecule has 1 aromatic heterocycles. The fourth-order valence-corrected chi connectivity index (χ4v) is 3.92. The van der Waals surface area contributed by atoms with E-state index in [2.05, 4.69) is 20.4 Å². The SMILES string of the molecule is COc1ccccc1CNC(=O)C1CCCN(Cc2nc(-c3ccc(C)cc3)no2)C1. The van der Waals surface area contributed by atoms with E-state index in [4.69, 9.17) is 9.26 Å². The highest BCUT2D eigenvalue weighted by Gasteiger charge is 2.27. The van der Waals surface area contributed by atoms with E-state index in [0.29, 0.717) is 31.3 Å². The summed E-state index contributed by atoms with van der Waals surface area (Å²) in [6, 6.07) is 15.8. The van der Waals surface area contributed by atoms with Crippen LogP contribution < -0.4 is 10.1 Å². The maximum Gasteiger partial charge on any atom is 0.241 e. The van der Waals surface area contributed by atoms with Gasteiger partial charge in [0.1, 0.15) is 5.75 Å². The number of ether oxygens (including phenoxy) is 1. The molecule has 1 saturated heterocycles. The number of rotatable bonds is 7. The first-order chi connectivity index (χ1) is 15.1. The van der Waals surface area contributed by atoms with Crippen molar-refractivity contribution in [3.63, 3.8) is 0 Å². The number of para-hydroxylation sites is 1. The molecule has 1 N–H and O–H groups in total. The van der Waals surface area contributed by atoms with Crippen molar-refractivity contribution < 1.29 is 14.1 Å². The Balaban J connectivity index is 1.32. The van der Waals surface area contributed by atoms with Gasteiger partial charge in [0.05, 0.1) is 19.6 Å². The molecule has 2 heterocycles. The lowest BCUT2D eigenvalue weighted by Gasteiger charge is -2.30. The van der Waals surface area contributed by atoms with E-state index >= 15 is 0 Å². The highest BCUT2D eigenvalue weighted by Crippen LogP contribution is 2.22. The monoisotopic (exact) mass is 420 g/mol. The normalized spacial score (nSPS) is 16.8. The smallest absolute Gasteiger partial charge is 0.241 e. The second kappa shape index (κ2) is 9.75. The van der Waals surface area contributed by atoms with E-state index in [0.717, 1.165) is 36.3 Å². The first-order valence-electron chi connectivity index (χ1n) is 10.6. The second-order valence-electron chi connectivity index (χ2n) is 7.98. The van der Waals surface area contributed by atoms with E-state index in [1.54, 1.807) is 7.11 Å². The Kier molecular flexibility index (Phi) is 6.62. The van der Waals surface area contributed by atoms with Crippen molar-refractivity contribution in [1.29, 1.82) is 0 Å². The molecule has 31 heavy (non-hydrogen) atoms. The lowest BCUT2D eigenvalue weighted by molar-refractivity contribution is -0.127. The van der Waals surface area contributed by atoms with Gasteiger partial charge in [-0.1, -0.05) is 53.2 Å². The van der Waals surface area contributed by atoms with Crippen LogP contribution in [0.15, 0.2) is 53.1 Å². The fraction of sp³-hybridized carbons (Fsp3) is 0.375. The Morgan fingerprint density at radius 1 is 1.23 bits per heavy atom. The molecule has 1 atom stereocenters. The minimum absolute atomic E-state index is 0.0528.